The van der Waals surface area contributed by atoms with Crippen LogP contribution in [-0.2, 0) is 6.42 Å². The molecule has 0 saturated heterocycles. The Kier molecular flexibility index (Phi) is 3.68. The second-order valence-corrected chi connectivity index (χ2v) is 6.81. The zero-order valence-corrected chi connectivity index (χ0v) is 13.8. The maximum Gasteiger partial charge on any atom is 0.0636 e. The molecule has 4 rings (SSSR count). The molecule has 1 heterocycles. The molecule has 0 radical (unpaired) electrons. The first-order valence-corrected chi connectivity index (χ1v) is 8.69. The highest BCUT2D eigenvalue weighted by atomic mass is 32.1. The SMILES string of the molecule is CCc1ccc(C=Nc2ccc3c(ccc4ccccc43)c2)s1. The van der Waals surface area contributed by atoms with E-state index >= 15 is 0 Å². The second kappa shape index (κ2) is 5.98. The van der Waals surface area contributed by atoms with Crippen LogP contribution in [0.2, 0.25) is 0 Å². The monoisotopic (exact) mass is 315 g/mol. The molecule has 2 heteroatoms. The molecule has 4 aromatic rings. The number of hydrogen-bond acceptors (Lipinski definition) is 2. The molecular weight excluding hydrogens is 298 g/mol. The Morgan fingerprint density at radius 3 is 2.57 bits per heavy atom. The van der Waals surface area contributed by atoms with Crippen LogP contribution in [0.5, 0.6) is 0 Å². The zero-order valence-electron chi connectivity index (χ0n) is 13.0. The van der Waals surface area contributed by atoms with Gasteiger partial charge in [-0.3, -0.25) is 4.99 Å². The van der Waals surface area contributed by atoms with E-state index in [9.17, 15) is 0 Å². The van der Waals surface area contributed by atoms with Crippen LogP contribution < -0.4 is 0 Å². The molecule has 0 N–H and O–H groups in total. The van der Waals surface area contributed by atoms with Crippen molar-refractivity contribution in [2.24, 2.45) is 4.99 Å². The predicted octanol–water partition coefficient (Wildman–Crippen LogP) is 6.37. The van der Waals surface area contributed by atoms with Gasteiger partial charge in [-0.1, -0.05) is 49.4 Å². The van der Waals surface area contributed by atoms with Crippen LogP contribution in [0.15, 0.2) is 71.7 Å². The van der Waals surface area contributed by atoms with Crippen molar-refractivity contribution in [1.29, 1.82) is 0 Å². The van der Waals surface area contributed by atoms with Crippen LogP contribution in [-0.4, -0.2) is 6.21 Å². The van der Waals surface area contributed by atoms with Gasteiger partial charge in [0.15, 0.2) is 0 Å². The van der Waals surface area contributed by atoms with Crippen LogP contribution in [0.3, 0.4) is 0 Å². The van der Waals surface area contributed by atoms with Crippen molar-refractivity contribution in [2.45, 2.75) is 13.3 Å². The number of fused-ring (bicyclic) bond motifs is 3. The van der Waals surface area contributed by atoms with Gasteiger partial charge < -0.3 is 0 Å². The number of aryl methyl sites for hydroxylation is 1. The number of benzene rings is 3. The predicted molar refractivity (Wildman–Crippen MR) is 102 cm³/mol. The Morgan fingerprint density at radius 1 is 0.870 bits per heavy atom. The summed E-state index contributed by atoms with van der Waals surface area (Å²) in [5, 5.41) is 5.10. The summed E-state index contributed by atoms with van der Waals surface area (Å²) in [5.74, 6) is 0. The topological polar surface area (TPSA) is 12.4 Å². The van der Waals surface area contributed by atoms with Crippen LogP contribution in [0.1, 0.15) is 16.7 Å². The molecule has 0 bridgehead atoms. The van der Waals surface area contributed by atoms with Crippen molar-refractivity contribution in [3.63, 3.8) is 0 Å². The molecule has 3 aromatic carbocycles. The average molecular weight is 315 g/mol. The molecule has 23 heavy (non-hydrogen) atoms. The fourth-order valence-corrected chi connectivity index (χ4v) is 3.70. The van der Waals surface area contributed by atoms with E-state index < -0.39 is 0 Å². The van der Waals surface area contributed by atoms with Crippen LogP contribution in [0, 0.1) is 0 Å². The van der Waals surface area contributed by atoms with E-state index in [1.165, 1.54) is 31.3 Å². The molecule has 1 aromatic heterocycles. The lowest BCUT2D eigenvalue weighted by Gasteiger charge is -2.04. The van der Waals surface area contributed by atoms with Gasteiger partial charge in [-0.05, 0) is 52.2 Å². The van der Waals surface area contributed by atoms with Crippen LogP contribution in [0.25, 0.3) is 21.5 Å². The van der Waals surface area contributed by atoms with Gasteiger partial charge in [-0.2, -0.15) is 0 Å². The lowest BCUT2D eigenvalue weighted by Crippen LogP contribution is -1.78. The second-order valence-electron chi connectivity index (χ2n) is 5.61. The third-order valence-electron chi connectivity index (χ3n) is 4.10. The van der Waals surface area contributed by atoms with Gasteiger partial charge in [0, 0.05) is 16.0 Å². The van der Waals surface area contributed by atoms with Crippen molar-refractivity contribution in [3.05, 3.63) is 76.5 Å². The van der Waals surface area contributed by atoms with Gasteiger partial charge in [-0.25, -0.2) is 0 Å². The number of aliphatic imine (C=N–C) groups is 1. The third kappa shape index (κ3) is 2.78. The summed E-state index contributed by atoms with van der Waals surface area (Å²) in [5.41, 5.74) is 0.999. The summed E-state index contributed by atoms with van der Waals surface area (Å²) < 4.78 is 0. The Hall–Kier alpha value is -2.45. The van der Waals surface area contributed by atoms with Gasteiger partial charge in [0.25, 0.3) is 0 Å². The molecule has 0 aliphatic rings. The molecule has 112 valence electrons. The van der Waals surface area contributed by atoms with Gasteiger partial charge in [0.1, 0.15) is 0 Å². The Bertz CT molecular complexity index is 1010. The van der Waals surface area contributed by atoms with E-state index in [0.717, 1.165) is 12.1 Å². The minimum atomic E-state index is 0.999. The quantitative estimate of drug-likeness (QED) is 0.308. The standard InChI is InChI=1S/C21H17NS/c1-2-18-10-11-19(23-18)14-22-17-9-12-21-16(13-17)8-7-15-5-3-4-6-20(15)21/h3-14H,2H2,1H3. The van der Waals surface area contributed by atoms with Crippen molar-refractivity contribution < 1.29 is 0 Å². The van der Waals surface area contributed by atoms with Crippen molar-refractivity contribution >= 4 is 44.8 Å². The molecule has 0 aliphatic heterocycles. The van der Waals surface area contributed by atoms with Crippen molar-refractivity contribution in [1.82, 2.24) is 0 Å². The minimum Gasteiger partial charge on any atom is -0.255 e. The van der Waals surface area contributed by atoms with E-state index in [1.54, 1.807) is 0 Å². The summed E-state index contributed by atoms with van der Waals surface area (Å²) in [6.45, 7) is 2.18. The first-order valence-electron chi connectivity index (χ1n) is 7.88. The zero-order chi connectivity index (χ0) is 15.6. The smallest absolute Gasteiger partial charge is 0.0636 e. The normalized spacial score (nSPS) is 11.7. The minimum absolute atomic E-state index is 0.999. The fraction of sp³-hybridized carbons (Fsp3) is 0.0952. The highest BCUT2D eigenvalue weighted by Gasteiger charge is 2.01. The van der Waals surface area contributed by atoms with Crippen LogP contribution >= 0.6 is 11.3 Å². The van der Waals surface area contributed by atoms with Gasteiger partial charge in [0.05, 0.1) is 5.69 Å². The van der Waals surface area contributed by atoms with E-state index in [0.29, 0.717) is 0 Å². The summed E-state index contributed by atoms with van der Waals surface area (Å²) in [6.07, 6.45) is 3.05. The largest absolute Gasteiger partial charge is 0.255 e. The Morgan fingerprint density at radius 2 is 1.70 bits per heavy atom. The number of nitrogens with zero attached hydrogens (tertiary/aromatic N) is 1. The molecule has 0 spiro atoms. The van der Waals surface area contributed by atoms with Gasteiger partial charge in [0.2, 0.25) is 0 Å². The van der Waals surface area contributed by atoms with Crippen molar-refractivity contribution in [3.8, 4) is 0 Å². The highest BCUT2D eigenvalue weighted by Crippen LogP contribution is 2.28. The molecule has 0 fully saturated rings. The third-order valence-corrected chi connectivity index (χ3v) is 5.26. The maximum absolute atomic E-state index is 4.64. The van der Waals surface area contributed by atoms with E-state index in [1.807, 2.05) is 17.6 Å². The molecule has 0 saturated carbocycles. The molecule has 0 amide bonds. The Balaban J connectivity index is 1.72. The highest BCUT2D eigenvalue weighted by molar-refractivity contribution is 7.13. The molecule has 0 unspecified atom stereocenters. The lowest BCUT2D eigenvalue weighted by atomic mass is 10.0. The number of hydrogen-bond donors (Lipinski definition) is 0. The lowest BCUT2D eigenvalue weighted by molar-refractivity contribution is 1.19. The fourth-order valence-electron chi connectivity index (χ4n) is 2.87. The molecule has 0 aliphatic carbocycles. The van der Waals surface area contributed by atoms with Gasteiger partial charge >= 0.3 is 0 Å². The first kappa shape index (κ1) is 14.2. The summed E-state index contributed by atoms with van der Waals surface area (Å²) in [6, 6.07) is 23.6. The van der Waals surface area contributed by atoms with E-state index in [4.69, 9.17) is 0 Å². The maximum atomic E-state index is 4.64. The van der Waals surface area contributed by atoms with Crippen LogP contribution in [0.4, 0.5) is 5.69 Å². The van der Waals surface area contributed by atoms with Gasteiger partial charge in [-0.15, -0.1) is 11.3 Å². The summed E-state index contributed by atoms with van der Waals surface area (Å²) in [7, 11) is 0. The Labute approximate surface area is 139 Å². The molecule has 1 nitrogen and oxygen atoms in total. The average Bonchev–Trinajstić information content (AvgIpc) is 3.07. The molecule has 0 atom stereocenters. The molecular formula is C21H17NS. The number of thiophene rings is 1. The first-order chi connectivity index (χ1) is 11.3. The number of rotatable bonds is 3. The summed E-state index contributed by atoms with van der Waals surface area (Å²) in [4.78, 5) is 7.25. The van der Waals surface area contributed by atoms with Crippen molar-refractivity contribution in [2.75, 3.05) is 0 Å². The van der Waals surface area contributed by atoms with E-state index in [2.05, 4.69) is 78.6 Å². The van der Waals surface area contributed by atoms with E-state index in [-0.39, 0.29) is 0 Å². The summed E-state index contributed by atoms with van der Waals surface area (Å²) >= 11 is 1.81.